The monoisotopic (exact) mass is 427 g/mol. The molecule has 0 aliphatic heterocycles. The Bertz CT molecular complexity index is 1190. The van der Waals surface area contributed by atoms with E-state index in [1.807, 2.05) is 24.3 Å². The van der Waals surface area contributed by atoms with Crippen LogP contribution in [0.1, 0.15) is 48.4 Å². The SMILES string of the molecule is CCCCc1ncc(C(C)=O)c(NCc2ccc(-c3ccccc3-c3nn[nH]n3)cc2)n1. The van der Waals surface area contributed by atoms with Gasteiger partial charge in [0.25, 0.3) is 0 Å². The number of carbonyl (C=O) groups excluding carboxylic acids is 1. The summed E-state index contributed by atoms with van der Waals surface area (Å²) in [5.74, 6) is 1.85. The summed E-state index contributed by atoms with van der Waals surface area (Å²) in [4.78, 5) is 20.9. The van der Waals surface area contributed by atoms with E-state index >= 15 is 0 Å². The summed E-state index contributed by atoms with van der Waals surface area (Å²) in [6.45, 7) is 4.22. The topological polar surface area (TPSA) is 109 Å². The quantitative estimate of drug-likeness (QED) is 0.379. The van der Waals surface area contributed by atoms with Crippen molar-refractivity contribution in [1.29, 1.82) is 0 Å². The molecule has 0 bridgehead atoms. The lowest BCUT2D eigenvalue weighted by Gasteiger charge is -2.12. The van der Waals surface area contributed by atoms with Crippen LogP contribution < -0.4 is 5.32 Å². The average Bonchev–Trinajstić information content (AvgIpc) is 3.36. The Hall–Kier alpha value is -3.94. The molecule has 0 saturated heterocycles. The summed E-state index contributed by atoms with van der Waals surface area (Å²) in [5, 5.41) is 17.7. The first-order valence-electron chi connectivity index (χ1n) is 10.7. The Morgan fingerprint density at radius 1 is 1.06 bits per heavy atom. The number of hydrogen-bond donors (Lipinski definition) is 2. The molecule has 32 heavy (non-hydrogen) atoms. The number of nitrogens with zero attached hydrogens (tertiary/aromatic N) is 5. The first-order chi connectivity index (χ1) is 15.7. The number of hydrogen-bond acceptors (Lipinski definition) is 7. The lowest BCUT2D eigenvalue weighted by molar-refractivity contribution is 0.101. The molecular formula is C24H25N7O. The van der Waals surface area contributed by atoms with Crippen LogP contribution in [0.2, 0.25) is 0 Å². The summed E-state index contributed by atoms with van der Waals surface area (Å²) in [7, 11) is 0. The van der Waals surface area contributed by atoms with Crippen LogP contribution in [0.15, 0.2) is 54.7 Å². The number of anilines is 1. The normalized spacial score (nSPS) is 10.8. The van der Waals surface area contributed by atoms with E-state index in [-0.39, 0.29) is 5.78 Å². The Balaban J connectivity index is 1.52. The highest BCUT2D eigenvalue weighted by molar-refractivity contribution is 5.98. The molecule has 4 aromatic rings. The number of Topliss-reactive ketones (excluding diaryl/α,β-unsaturated/α-hetero) is 1. The number of tetrazole rings is 1. The summed E-state index contributed by atoms with van der Waals surface area (Å²) in [5.41, 5.74) is 4.59. The maximum Gasteiger partial charge on any atom is 0.205 e. The Kier molecular flexibility index (Phi) is 6.60. The van der Waals surface area contributed by atoms with Crippen molar-refractivity contribution in [1.82, 2.24) is 30.6 Å². The minimum Gasteiger partial charge on any atom is -0.365 e. The number of nitrogens with one attached hydrogen (secondary N) is 2. The van der Waals surface area contributed by atoms with Gasteiger partial charge in [0.1, 0.15) is 11.6 Å². The van der Waals surface area contributed by atoms with Gasteiger partial charge in [-0.2, -0.15) is 5.21 Å². The van der Waals surface area contributed by atoms with Crippen molar-refractivity contribution in [3.05, 3.63) is 71.7 Å². The van der Waals surface area contributed by atoms with Gasteiger partial charge in [-0.3, -0.25) is 4.79 Å². The molecule has 2 N–H and O–H groups in total. The number of rotatable bonds is 9. The number of aryl methyl sites for hydroxylation is 1. The fourth-order valence-corrected chi connectivity index (χ4v) is 3.46. The molecule has 2 aromatic carbocycles. The van der Waals surface area contributed by atoms with Crippen molar-refractivity contribution >= 4 is 11.6 Å². The van der Waals surface area contributed by atoms with E-state index in [0.29, 0.717) is 23.8 Å². The van der Waals surface area contributed by atoms with Crippen molar-refractivity contribution in [3.63, 3.8) is 0 Å². The molecule has 4 rings (SSSR count). The van der Waals surface area contributed by atoms with Gasteiger partial charge in [0.2, 0.25) is 5.82 Å². The van der Waals surface area contributed by atoms with E-state index in [1.165, 1.54) is 6.92 Å². The van der Waals surface area contributed by atoms with Crippen LogP contribution in [0.3, 0.4) is 0 Å². The number of ketones is 1. The maximum atomic E-state index is 12.0. The number of aromatic amines is 1. The second-order valence-electron chi connectivity index (χ2n) is 7.54. The lowest BCUT2D eigenvalue weighted by Crippen LogP contribution is -2.10. The molecule has 0 amide bonds. The molecule has 0 radical (unpaired) electrons. The molecule has 0 atom stereocenters. The van der Waals surface area contributed by atoms with Gasteiger partial charge in [0, 0.05) is 24.7 Å². The van der Waals surface area contributed by atoms with E-state index in [4.69, 9.17) is 0 Å². The van der Waals surface area contributed by atoms with E-state index in [2.05, 4.69) is 67.1 Å². The molecule has 0 spiro atoms. The number of unbranched alkanes of at least 4 members (excludes halogenated alkanes) is 1. The molecular weight excluding hydrogens is 402 g/mol. The van der Waals surface area contributed by atoms with Gasteiger partial charge in [-0.15, -0.1) is 10.2 Å². The van der Waals surface area contributed by atoms with Gasteiger partial charge < -0.3 is 5.32 Å². The van der Waals surface area contributed by atoms with E-state index in [1.54, 1.807) is 6.20 Å². The largest absolute Gasteiger partial charge is 0.365 e. The van der Waals surface area contributed by atoms with Gasteiger partial charge in [-0.25, -0.2) is 9.97 Å². The van der Waals surface area contributed by atoms with Crippen LogP contribution in [-0.2, 0) is 13.0 Å². The predicted molar refractivity (Wildman–Crippen MR) is 123 cm³/mol. The standard InChI is InChI=1S/C24H25N7O/c1-3-4-9-22-25-15-21(16(2)32)23(27-22)26-14-17-10-12-18(13-11-17)19-7-5-6-8-20(19)24-28-30-31-29-24/h5-8,10-13,15H,3-4,9,14H2,1-2H3,(H,25,26,27)(H,28,29,30,31). The van der Waals surface area contributed by atoms with Crippen molar-refractivity contribution in [2.75, 3.05) is 5.32 Å². The number of carbonyl (C=O) groups is 1. The molecule has 8 heteroatoms. The van der Waals surface area contributed by atoms with Gasteiger partial charge in [0.15, 0.2) is 5.78 Å². The molecule has 162 valence electrons. The van der Waals surface area contributed by atoms with Gasteiger partial charge in [0.05, 0.1) is 5.56 Å². The predicted octanol–water partition coefficient (Wildman–Crippen LogP) is 4.48. The number of benzene rings is 2. The van der Waals surface area contributed by atoms with Crippen molar-refractivity contribution < 1.29 is 4.79 Å². The number of H-pyrrole nitrogens is 1. The smallest absolute Gasteiger partial charge is 0.205 e. The molecule has 0 saturated carbocycles. The molecule has 2 heterocycles. The zero-order valence-corrected chi connectivity index (χ0v) is 18.2. The molecule has 0 aliphatic rings. The first-order valence-corrected chi connectivity index (χ1v) is 10.7. The summed E-state index contributed by atoms with van der Waals surface area (Å²) in [6.07, 6.45) is 4.52. The molecule has 8 nitrogen and oxygen atoms in total. The van der Waals surface area contributed by atoms with Crippen molar-refractivity contribution in [3.8, 4) is 22.5 Å². The van der Waals surface area contributed by atoms with Crippen LogP contribution in [0.5, 0.6) is 0 Å². The van der Waals surface area contributed by atoms with E-state index in [0.717, 1.165) is 47.3 Å². The minimum atomic E-state index is -0.0528. The zero-order chi connectivity index (χ0) is 22.3. The van der Waals surface area contributed by atoms with Crippen LogP contribution in [0.25, 0.3) is 22.5 Å². The van der Waals surface area contributed by atoms with Gasteiger partial charge in [-0.05, 0) is 35.2 Å². The minimum absolute atomic E-state index is 0.0528. The third kappa shape index (κ3) is 4.85. The van der Waals surface area contributed by atoms with Crippen molar-refractivity contribution in [2.45, 2.75) is 39.7 Å². The molecule has 2 aromatic heterocycles. The fraction of sp³-hybridized carbons (Fsp3) is 0.250. The van der Waals surface area contributed by atoms with Crippen LogP contribution in [0, 0.1) is 0 Å². The molecule has 0 unspecified atom stereocenters. The van der Waals surface area contributed by atoms with Crippen LogP contribution in [0.4, 0.5) is 5.82 Å². The summed E-state index contributed by atoms with van der Waals surface area (Å²) in [6, 6.07) is 16.2. The summed E-state index contributed by atoms with van der Waals surface area (Å²) >= 11 is 0. The van der Waals surface area contributed by atoms with Crippen LogP contribution in [-0.4, -0.2) is 36.4 Å². The third-order valence-corrected chi connectivity index (χ3v) is 5.21. The van der Waals surface area contributed by atoms with E-state index < -0.39 is 0 Å². The van der Waals surface area contributed by atoms with Gasteiger partial charge >= 0.3 is 0 Å². The zero-order valence-electron chi connectivity index (χ0n) is 18.2. The average molecular weight is 428 g/mol. The number of aromatic nitrogens is 6. The summed E-state index contributed by atoms with van der Waals surface area (Å²) < 4.78 is 0. The maximum absolute atomic E-state index is 12.0. The molecule has 0 aliphatic carbocycles. The highest BCUT2D eigenvalue weighted by atomic mass is 16.1. The fourth-order valence-electron chi connectivity index (χ4n) is 3.46. The Morgan fingerprint density at radius 3 is 2.53 bits per heavy atom. The highest BCUT2D eigenvalue weighted by Gasteiger charge is 2.12. The van der Waals surface area contributed by atoms with E-state index in [9.17, 15) is 4.79 Å². The van der Waals surface area contributed by atoms with Crippen molar-refractivity contribution in [2.24, 2.45) is 0 Å². The second kappa shape index (κ2) is 9.91. The third-order valence-electron chi connectivity index (χ3n) is 5.21. The van der Waals surface area contributed by atoms with Crippen LogP contribution >= 0.6 is 0 Å². The second-order valence-corrected chi connectivity index (χ2v) is 7.54. The highest BCUT2D eigenvalue weighted by Crippen LogP contribution is 2.29. The lowest BCUT2D eigenvalue weighted by atomic mass is 9.98. The Morgan fingerprint density at radius 2 is 1.84 bits per heavy atom. The first kappa shape index (κ1) is 21.3. The Labute approximate surface area is 186 Å². The van der Waals surface area contributed by atoms with Gasteiger partial charge in [-0.1, -0.05) is 61.9 Å². The molecule has 0 fully saturated rings.